The van der Waals surface area contributed by atoms with Gasteiger partial charge in [-0.2, -0.15) is 0 Å². The van der Waals surface area contributed by atoms with Crippen LogP contribution in [-0.2, 0) is 9.53 Å². The molecule has 9 heteroatoms. The van der Waals surface area contributed by atoms with E-state index in [-0.39, 0.29) is 17.9 Å². The van der Waals surface area contributed by atoms with E-state index >= 15 is 0 Å². The van der Waals surface area contributed by atoms with E-state index in [0.717, 1.165) is 0 Å². The van der Waals surface area contributed by atoms with Crippen LogP contribution in [0.5, 0.6) is 17.2 Å². The van der Waals surface area contributed by atoms with Crippen LogP contribution < -0.4 is 24.4 Å². The highest BCUT2D eigenvalue weighted by Gasteiger charge is 2.34. The molecule has 2 aromatic carbocycles. The number of aromatic hydroxyl groups is 1. The number of esters is 1. The molecule has 0 amide bonds. The minimum absolute atomic E-state index is 0.104. The minimum Gasteiger partial charge on any atom is -0.508 e. The fraction of sp³-hybridized carbons (Fsp3) is 0.296. The lowest BCUT2D eigenvalue weighted by molar-refractivity contribution is -0.139. The normalized spacial score (nSPS) is 15.3. The summed E-state index contributed by atoms with van der Waals surface area (Å²) in [5, 5.41) is 9.83. The summed E-state index contributed by atoms with van der Waals surface area (Å²) in [6, 6.07) is 11.3. The predicted molar refractivity (Wildman–Crippen MR) is 137 cm³/mol. The van der Waals surface area contributed by atoms with E-state index in [0.29, 0.717) is 56.4 Å². The summed E-state index contributed by atoms with van der Waals surface area (Å²) < 4.78 is 18.8. The maximum Gasteiger partial charge on any atom is 0.338 e. The number of rotatable bonds is 8. The Hall–Kier alpha value is -3.85. The second-order valence-corrected chi connectivity index (χ2v) is 8.98. The van der Waals surface area contributed by atoms with Crippen molar-refractivity contribution in [2.24, 2.45) is 4.99 Å². The van der Waals surface area contributed by atoms with Gasteiger partial charge in [-0.3, -0.25) is 9.36 Å². The molecule has 0 spiro atoms. The molecule has 4 rings (SSSR count). The van der Waals surface area contributed by atoms with Gasteiger partial charge in [0.25, 0.3) is 5.56 Å². The Labute approximate surface area is 212 Å². The van der Waals surface area contributed by atoms with Gasteiger partial charge in [0.1, 0.15) is 5.75 Å². The second-order valence-electron chi connectivity index (χ2n) is 7.97. The maximum absolute atomic E-state index is 13.7. The Morgan fingerprint density at radius 3 is 2.53 bits per heavy atom. The lowest BCUT2D eigenvalue weighted by Gasteiger charge is -2.25. The van der Waals surface area contributed by atoms with E-state index in [1.165, 1.54) is 15.9 Å². The Balaban J connectivity index is 1.95. The number of benzene rings is 2. The third kappa shape index (κ3) is 4.92. The van der Waals surface area contributed by atoms with Crippen LogP contribution in [0.3, 0.4) is 0 Å². The third-order valence-electron chi connectivity index (χ3n) is 5.57. The molecular weight excluding hydrogens is 480 g/mol. The molecule has 1 atom stereocenters. The molecular formula is C27H28N2O6S. The molecule has 0 bridgehead atoms. The van der Waals surface area contributed by atoms with E-state index in [4.69, 9.17) is 14.2 Å². The maximum atomic E-state index is 13.7. The zero-order chi connectivity index (χ0) is 25.8. The lowest BCUT2D eigenvalue weighted by atomic mass is 9.95. The largest absolute Gasteiger partial charge is 0.508 e. The van der Waals surface area contributed by atoms with Gasteiger partial charge in [-0.1, -0.05) is 29.5 Å². The molecule has 0 radical (unpaired) electrons. The molecule has 1 N–H and O–H groups in total. The molecule has 1 aliphatic rings. The molecule has 36 heavy (non-hydrogen) atoms. The zero-order valence-corrected chi connectivity index (χ0v) is 21.4. The van der Waals surface area contributed by atoms with Crippen molar-refractivity contribution in [3.63, 3.8) is 0 Å². The van der Waals surface area contributed by atoms with Crippen LogP contribution in [0.4, 0.5) is 0 Å². The van der Waals surface area contributed by atoms with Crippen molar-refractivity contribution in [3.05, 3.63) is 84.5 Å². The van der Waals surface area contributed by atoms with Gasteiger partial charge in [0, 0.05) is 0 Å². The van der Waals surface area contributed by atoms with Crippen molar-refractivity contribution in [1.29, 1.82) is 0 Å². The average molecular weight is 509 g/mol. The quantitative estimate of drug-likeness (QED) is 0.469. The van der Waals surface area contributed by atoms with Crippen LogP contribution in [0.2, 0.25) is 0 Å². The summed E-state index contributed by atoms with van der Waals surface area (Å²) in [6.45, 7) is 8.32. The van der Waals surface area contributed by atoms with Gasteiger partial charge in [-0.05, 0) is 69.2 Å². The molecule has 0 aliphatic carbocycles. The average Bonchev–Trinajstić information content (AvgIpc) is 3.14. The van der Waals surface area contributed by atoms with Crippen molar-refractivity contribution < 1.29 is 24.1 Å². The van der Waals surface area contributed by atoms with E-state index in [9.17, 15) is 14.7 Å². The molecule has 0 saturated heterocycles. The van der Waals surface area contributed by atoms with Crippen LogP contribution >= 0.6 is 11.3 Å². The number of carbonyl (C=O) groups excluding carboxylic acids is 1. The van der Waals surface area contributed by atoms with Crippen LogP contribution in [0.1, 0.15) is 44.9 Å². The number of carbonyl (C=O) groups is 1. The number of hydrogen-bond donors (Lipinski definition) is 1. The number of hydrogen-bond acceptors (Lipinski definition) is 8. The number of phenols is 1. The van der Waals surface area contributed by atoms with Gasteiger partial charge in [0.2, 0.25) is 0 Å². The Morgan fingerprint density at radius 2 is 1.83 bits per heavy atom. The Morgan fingerprint density at radius 1 is 1.08 bits per heavy atom. The number of thiazole rings is 1. The Bertz CT molecular complexity index is 1500. The second kappa shape index (κ2) is 10.8. The number of nitrogens with zero attached hydrogens (tertiary/aromatic N) is 2. The van der Waals surface area contributed by atoms with Gasteiger partial charge in [0.05, 0.1) is 41.7 Å². The third-order valence-corrected chi connectivity index (χ3v) is 6.55. The molecule has 1 aromatic heterocycles. The minimum atomic E-state index is -0.762. The summed E-state index contributed by atoms with van der Waals surface area (Å²) in [4.78, 5) is 31.8. The number of allylic oxidation sites excluding steroid dienone is 1. The highest BCUT2D eigenvalue weighted by molar-refractivity contribution is 7.07. The highest BCUT2D eigenvalue weighted by atomic mass is 32.1. The highest BCUT2D eigenvalue weighted by Crippen LogP contribution is 2.36. The fourth-order valence-electron chi connectivity index (χ4n) is 4.11. The molecule has 2 heterocycles. The summed E-state index contributed by atoms with van der Waals surface area (Å²) in [5.74, 6) is 0.680. The van der Waals surface area contributed by atoms with Crippen molar-refractivity contribution in [2.75, 3.05) is 19.8 Å². The molecule has 3 aromatic rings. The van der Waals surface area contributed by atoms with Crippen LogP contribution in [0.15, 0.2) is 63.5 Å². The number of fused-ring (bicyclic) bond motifs is 1. The van der Waals surface area contributed by atoms with Crippen molar-refractivity contribution in [3.8, 4) is 17.2 Å². The van der Waals surface area contributed by atoms with Gasteiger partial charge < -0.3 is 19.3 Å². The van der Waals surface area contributed by atoms with E-state index < -0.39 is 12.0 Å². The summed E-state index contributed by atoms with van der Waals surface area (Å²) in [6.07, 6.45) is 1.70. The molecule has 1 unspecified atom stereocenters. The van der Waals surface area contributed by atoms with Gasteiger partial charge in [-0.15, -0.1) is 0 Å². The molecule has 1 aliphatic heterocycles. The van der Waals surface area contributed by atoms with Gasteiger partial charge in [-0.25, -0.2) is 9.79 Å². The van der Waals surface area contributed by atoms with Gasteiger partial charge >= 0.3 is 5.97 Å². The predicted octanol–water partition coefficient (Wildman–Crippen LogP) is 3.30. The topological polar surface area (TPSA) is 99.4 Å². The SMILES string of the molecule is CCOC(=O)C1=C(C)N=c2sc(=Cc3cccc(O)c3)c(=O)n2C1c1ccc(OCC)c(OCC)c1. The van der Waals surface area contributed by atoms with Gasteiger partial charge in [0.15, 0.2) is 16.3 Å². The number of aromatic nitrogens is 1. The molecule has 8 nitrogen and oxygen atoms in total. The van der Waals surface area contributed by atoms with E-state index in [1.807, 2.05) is 19.9 Å². The first kappa shape index (κ1) is 25.2. The molecule has 188 valence electrons. The first-order chi connectivity index (χ1) is 17.4. The molecule has 0 fully saturated rings. The van der Waals surface area contributed by atoms with Crippen molar-refractivity contribution in [1.82, 2.24) is 4.57 Å². The van der Waals surface area contributed by atoms with Crippen molar-refractivity contribution >= 4 is 23.4 Å². The first-order valence-electron chi connectivity index (χ1n) is 11.8. The standard InChI is InChI=1S/C27H28N2O6S/c1-5-33-20-12-11-18(15-21(20)34-6-2)24-23(26(32)35-7-3)16(4)28-27-29(24)25(31)22(36-27)14-17-9-8-10-19(30)13-17/h8-15,24,30H,5-7H2,1-4H3. The summed E-state index contributed by atoms with van der Waals surface area (Å²) in [5.41, 5.74) is 1.82. The monoisotopic (exact) mass is 508 g/mol. The Kier molecular flexibility index (Phi) is 7.59. The smallest absolute Gasteiger partial charge is 0.338 e. The van der Waals surface area contributed by atoms with Crippen LogP contribution in [0.25, 0.3) is 6.08 Å². The summed E-state index contributed by atoms with van der Waals surface area (Å²) in [7, 11) is 0. The fourth-order valence-corrected chi connectivity index (χ4v) is 5.16. The van der Waals surface area contributed by atoms with E-state index in [2.05, 4.69) is 4.99 Å². The summed E-state index contributed by atoms with van der Waals surface area (Å²) >= 11 is 1.22. The first-order valence-corrected chi connectivity index (χ1v) is 12.6. The number of phenolic OH excluding ortho intramolecular Hbond substituents is 1. The lowest BCUT2D eigenvalue weighted by Crippen LogP contribution is -2.40. The van der Waals surface area contributed by atoms with Crippen molar-refractivity contribution in [2.45, 2.75) is 33.7 Å². The molecule has 0 saturated carbocycles. The number of ether oxygens (including phenoxy) is 3. The zero-order valence-electron chi connectivity index (χ0n) is 20.6. The van der Waals surface area contributed by atoms with Crippen LogP contribution in [0, 0.1) is 0 Å². The van der Waals surface area contributed by atoms with Crippen LogP contribution in [-0.4, -0.2) is 35.5 Å². The van der Waals surface area contributed by atoms with E-state index in [1.54, 1.807) is 56.3 Å².